The van der Waals surface area contributed by atoms with E-state index in [-0.39, 0.29) is 5.82 Å². The molecule has 1 aliphatic heterocycles. The fraction of sp³-hybridized carbons (Fsp3) is 0.429. The van der Waals surface area contributed by atoms with E-state index in [1.54, 1.807) is 17.7 Å². The molecule has 5 heteroatoms. The summed E-state index contributed by atoms with van der Waals surface area (Å²) in [6, 6.07) is 9.32. The number of hydrogen-bond donors (Lipinski definition) is 0. The molecule has 1 saturated heterocycles. The van der Waals surface area contributed by atoms with E-state index < -0.39 is 0 Å². The number of rotatable bonds is 4. The van der Waals surface area contributed by atoms with Crippen LogP contribution in [0.25, 0.3) is 20.7 Å². The van der Waals surface area contributed by atoms with Crippen LogP contribution in [0.4, 0.5) is 10.2 Å². The first-order chi connectivity index (χ1) is 12.7. The molecule has 3 nitrogen and oxygen atoms in total. The van der Waals surface area contributed by atoms with Gasteiger partial charge in [0.15, 0.2) is 0 Å². The zero-order valence-electron chi connectivity index (χ0n) is 15.3. The topological polar surface area (TPSA) is 29.0 Å². The third-order valence-corrected chi connectivity index (χ3v) is 6.71. The van der Waals surface area contributed by atoms with Crippen molar-refractivity contribution in [2.75, 3.05) is 11.4 Å². The van der Waals surface area contributed by atoms with E-state index in [9.17, 15) is 4.39 Å². The van der Waals surface area contributed by atoms with Crippen LogP contribution in [0.3, 0.4) is 0 Å². The number of anilines is 1. The number of halogens is 1. The van der Waals surface area contributed by atoms with Crippen LogP contribution in [0.2, 0.25) is 0 Å². The van der Waals surface area contributed by atoms with Gasteiger partial charge in [-0.25, -0.2) is 14.4 Å². The van der Waals surface area contributed by atoms with Gasteiger partial charge in [-0.05, 0) is 48.9 Å². The molecule has 0 spiro atoms. The highest BCUT2D eigenvalue weighted by atomic mass is 32.1. The minimum atomic E-state index is -0.208. The van der Waals surface area contributed by atoms with Gasteiger partial charge < -0.3 is 4.90 Å². The van der Waals surface area contributed by atoms with Crippen LogP contribution in [0.1, 0.15) is 39.5 Å². The molecule has 3 heterocycles. The summed E-state index contributed by atoms with van der Waals surface area (Å²) in [5.74, 6) is 1.60. The standard InChI is InChI=1S/C21H24FN3S/c1-3-14-5-10-17(4-2)25(12-14)21-20-18(23-13-24-21)11-19(26-20)15-6-8-16(22)9-7-15/h6-9,11,13-14,17H,3-5,10,12H2,1-2H3/t14-,17?/m0/s1. The molecule has 0 bridgehead atoms. The summed E-state index contributed by atoms with van der Waals surface area (Å²) in [5.41, 5.74) is 2.00. The third kappa shape index (κ3) is 3.20. The summed E-state index contributed by atoms with van der Waals surface area (Å²) in [5, 5.41) is 0. The molecule has 1 fully saturated rings. The van der Waals surface area contributed by atoms with E-state index in [1.807, 2.05) is 12.1 Å². The first-order valence-electron chi connectivity index (χ1n) is 9.46. The molecular weight excluding hydrogens is 345 g/mol. The van der Waals surface area contributed by atoms with Gasteiger partial charge in [-0.2, -0.15) is 0 Å². The molecule has 136 valence electrons. The van der Waals surface area contributed by atoms with Gasteiger partial charge in [0.25, 0.3) is 0 Å². The lowest BCUT2D eigenvalue weighted by Crippen LogP contribution is -2.43. The highest BCUT2D eigenvalue weighted by Gasteiger charge is 2.29. The lowest BCUT2D eigenvalue weighted by molar-refractivity contribution is 0.341. The number of thiophene rings is 1. The number of piperidine rings is 1. The SMILES string of the molecule is CCC1CC[C@H](CC)CN1c1ncnc2cc(-c3ccc(F)cc3)sc12. The highest BCUT2D eigenvalue weighted by molar-refractivity contribution is 7.22. The van der Waals surface area contributed by atoms with Crippen molar-refractivity contribution in [1.82, 2.24) is 9.97 Å². The molecule has 2 aromatic heterocycles. The van der Waals surface area contributed by atoms with Gasteiger partial charge in [0.05, 0.1) is 10.2 Å². The molecule has 0 N–H and O–H groups in total. The Balaban J connectivity index is 1.76. The predicted octanol–water partition coefficient (Wildman–Crippen LogP) is 5.90. The van der Waals surface area contributed by atoms with Gasteiger partial charge >= 0.3 is 0 Å². The van der Waals surface area contributed by atoms with Crippen LogP contribution in [0.5, 0.6) is 0 Å². The van der Waals surface area contributed by atoms with Crippen LogP contribution in [-0.4, -0.2) is 22.6 Å². The number of fused-ring (bicyclic) bond motifs is 1. The Hall–Kier alpha value is -2.01. The van der Waals surface area contributed by atoms with Crippen molar-refractivity contribution in [3.63, 3.8) is 0 Å². The first-order valence-corrected chi connectivity index (χ1v) is 10.3. The number of hydrogen-bond acceptors (Lipinski definition) is 4. The summed E-state index contributed by atoms with van der Waals surface area (Å²) in [4.78, 5) is 12.8. The van der Waals surface area contributed by atoms with Crippen molar-refractivity contribution in [3.05, 3.63) is 42.5 Å². The fourth-order valence-corrected chi connectivity index (χ4v) is 5.04. The Bertz CT molecular complexity index is 890. The van der Waals surface area contributed by atoms with Gasteiger partial charge in [0, 0.05) is 17.5 Å². The van der Waals surface area contributed by atoms with Gasteiger partial charge in [-0.1, -0.05) is 32.4 Å². The lowest BCUT2D eigenvalue weighted by Gasteiger charge is -2.40. The average Bonchev–Trinajstić information content (AvgIpc) is 3.12. The summed E-state index contributed by atoms with van der Waals surface area (Å²) in [6.45, 7) is 5.62. The Labute approximate surface area is 157 Å². The number of nitrogens with zero attached hydrogens (tertiary/aromatic N) is 3. The number of aromatic nitrogens is 2. The lowest BCUT2D eigenvalue weighted by atomic mass is 9.90. The minimum absolute atomic E-state index is 0.208. The monoisotopic (exact) mass is 369 g/mol. The smallest absolute Gasteiger partial charge is 0.150 e. The molecule has 3 aromatic rings. The van der Waals surface area contributed by atoms with Crippen LogP contribution in [0, 0.1) is 11.7 Å². The van der Waals surface area contributed by atoms with E-state index >= 15 is 0 Å². The predicted molar refractivity (Wildman–Crippen MR) is 107 cm³/mol. The zero-order valence-corrected chi connectivity index (χ0v) is 16.1. The maximum atomic E-state index is 13.2. The first kappa shape index (κ1) is 17.4. The molecule has 1 unspecified atom stereocenters. The molecule has 0 radical (unpaired) electrons. The van der Waals surface area contributed by atoms with Crippen LogP contribution in [0.15, 0.2) is 36.7 Å². The van der Waals surface area contributed by atoms with Crippen molar-refractivity contribution >= 4 is 27.4 Å². The molecule has 4 rings (SSSR count). The summed E-state index contributed by atoms with van der Waals surface area (Å²) < 4.78 is 14.4. The maximum absolute atomic E-state index is 13.2. The molecule has 0 saturated carbocycles. The molecule has 1 aliphatic rings. The Kier molecular flexibility index (Phi) is 4.90. The van der Waals surface area contributed by atoms with Crippen LogP contribution in [-0.2, 0) is 0 Å². The molecular formula is C21H24FN3S. The molecule has 0 aliphatic carbocycles. The Morgan fingerprint density at radius 2 is 1.92 bits per heavy atom. The van der Waals surface area contributed by atoms with E-state index in [1.165, 1.54) is 31.4 Å². The minimum Gasteiger partial charge on any atom is -0.352 e. The second-order valence-corrected chi connectivity index (χ2v) is 8.15. The molecule has 2 atom stereocenters. The molecule has 26 heavy (non-hydrogen) atoms. The fourth-order valence-electron chi connectivity index (χ4n) is 3.92. The quantitative estimate of drug-likeness (QED) is 0.573. The van der Waals surface area contributed by atoms with Crippen molar-refractivity contribution in [2.45, 2.75) is 45.6 Å². The Morgan fingerprint density at radius 1 is 1.12 bits per heavy atom. The van der Waals surface area contributed by atoms with E-state index in [4.69, 9.17) is 0 Å². The van der Waals surface area contributed by atoms with Gasteiger partial charge in [-0.3, -0.25) is 0 Å². The highest BCUT2D eigenvalue weighted by Crippen LogP contribution is 2.39. The second kappa shape index (κ2) is 7.31. The normalized spacial score (nSPS) is 20.7. The van der Waals surface area contributed by atoms with E-state index in [0.717, 1.165) is 45.4 Å². The van der Waals surface area contributed by atoms with Gasteiger partial charge in [0.1, 0.15) is 18.0 Å². The summed E-state index contributed by atoms with van der Waals surface area (Å²) in [6.07, 6.45) is 6.58. The zero-order chi connectivity index (χ0) is 18.1. The van der Waals surface area contributed by atoms with Crippen LogP contribution < -0.4 is 4.90 Å². The van der Waals surface area contributed by atoms with E-state index in [2.05, 4.69) is 34.8 Å². The molecule has 0 amide bonds. The number of benzene rings is 1. The van der Waals surface area contributed by atoms with Crippen molar-refractivity contribution in [3.8, 4) is 10.4 Å². The largest absolute Gasteiger partial charge is 0.352 e. The van der Waals surface area contributed by atoms with Crippen LogP contribution >= 0.6 is 11.3 Å². The van der Waals surface area contributed by atoms with Gasteiger partial charge in [0.2, 0.25) is 0 Å². The summed E-state index contributed by atoms with van der Waals surface area (Å²) >= 11 is 1.71. The van der Waals surface area contributed by atoms with Gasteiger partial charge in [-0.15, -0.1) is 11.3 Å². The van der Waals surface area contributed by atoms with Crippen molar-refractivity contribution in [2.24, 2.45) is 5.92 Å². The van der Waals surface area contributed by atoms with Crippen molar-refractivity contribution < 1.29 is 4.39 Å². The average molecular weight is 370 g/mol. The Morgan fingerprint density at radius 3 is 2.65 bits per heavy atom. The maximum Gasteiger partial charge on any atom is 0.150 e. The summed E-state index contributed by atoms with van der Waals surface area (Å²) in [7, 11) is 0. The van der Waals surface area contributed by atoms with Crippen molar-refractivity contribution in [1.29, 1.82) is 0 Å². The van der Waals surface area contributed by atoms with E-state index in [0.29, 0.717) is 6.04 Å². The third-order valence-electron chi connectivity index (χ3n) is 5.55. The molecule has 1 aromatic carbocycles. The second-order valence-electron chi connectivity index (χ2n) is 7.10.